The van der Waals surface area contributed by atoms with Crippen molar-refractivity contribution in [2.45, 2.75) is 6.10 Å². The minimum atomic E-state index is -0.507. The van der Waals surface area contributed by atoms with Crippen LogP contribution in [0.2, 0.25) is 0 Å². The van der Waals surface area contributed by atoms with Gasteiger partial charge in [-0.25, -0.2) is 0 Å². The van der Waals surface area contributed by atoms with E-state index in [4.69, 9.17) is 14.2 Å². The number of hydrogen-bond acceptors (Lipinski definition) is 6. The number of β-amino-alcohol motifs (C(OH)–C–C–N with tert-alkyl or cyclic N) is 1. The van der Waals surface area contributed by atoms with Crippen molar-refractivity contribution in [1.29, 1.82) is 0 Å². The summed E-state index contributed by atoms with van der Waals surface area (Å²) in [7, 11) is 3.33. The highest BCUT2D eigenvalue weighted by molar-refractivity contribution is 5.61. The number of aliphatic hydroxyl groups is 1. The Morgan fingerprint density at radius 2 is 1.67 bits per heavy atom. The van der Waals surface area contributed by atoms with Gasteiger partial charge in [0.15, 0.2) is 0 Å². The number of piperazine rings is 1. The van der Waals surface area contributed by atoms with Gasteiger partial charge >= 0.3 is 0 Å². The van der Waals surface area contributed by atoms with E-state index in [0.29, 0.717) is 13.2 Å². The predicted molar refractivity (Wildman–Crippen MR) is 106 cm³/mol. The van der Waals surface area contributed by atoms with E-state index < -0.39 is 6.10 Å². The second-order valence-electron chi connectivity index (χ2n) is 6.60. The Hall–Kier alpha value is -2.44. The van der Waals surface area contributed by atoms with Gasteiger partial charge < -0.3 is 24.2 Å². The average Bonchev–Trinajstić information content (AvgIpc) is 2.73. The predicted octanol–water partition coefficient (Wildman–Crippen LogP) is 2.27. The highest BCUT2D eigenvalue weighted by atomic mass is 16.5. The average molecular weight is 372 g/mol. The Bertz CT molecular complexity index is 703. The molecule has 1 saturated heterocycles. The van der Waals surface area contributed by atoms with Gasteiger partial charge in [-0.05, 0) is 24.3 Å². The molecule has 3 rings (SSSR count). The first-order valence-corrected chi connectivity index (χ1v) is 9.25. The van der Waals surface area contributed by atoms with Crippen molar-refractivity contribution in [3.8, 4) is 17.2 Å². The van der Waals surface area contributed by atoms with E-state index >= 15 is 0 Å². The Balaban J connectivity index is 1.47. The fraction of sp³-hybridized carbons (Fsp3) is 0.429. The van der Waals surface area contributed by atoms with Crippen molar-refractivity contribution < 1.29 is 19.3 Å². The summed E-state index contributed by atoms with van der Waals surface area (Å²) in [6.45, 7) is 4.45. The maximum absolute atomic E-state index is 10.3. The third-order valence-corrected chi connectivity index (χ3v) is 4.75. The number of anilines is 1. The van der Waals surface area contributed by atoms with E-state index in [-0.39, 0.29) is 0 Å². The van der Waals surface area contributed by atoms with Gasteiger partial charge in [0.1, 0.15) is 30.0 Å². The summed E-state index contributed by atoms with van der Waals surface area (Å²) in [5.74, 6) is 2.39. The monoisotopic (exact) mass is 372 g/mol. The summed E-state index contributed by atoms with van der Waals surface area (Å²) < 4.78 is 16.4. The van der Waals surface area contributed by atoms with Gasteiger partial charge in [0.25, 0.3) is 0 Å². The number of benzene rings is 2. The van der Waals surface area contributed by atoms with Crippen LogP contribution in [-0.2, 0) is 0 Å². The van der Waals surface area contributed by atoms with Crippen LogP contribution in [0.5, 0.6) is 17.2 Å². The standard InChI is InChI=1S/C21H28N2O4/c1-25-19-8-9-20(21(14-19)26-2)23-12-10-22(11-13-23)15-17(24)16-27-18-6-4-3-5-7-18/h3-9,14,17,24H,10-13,15-16H2,1-2H3. The third-order valence-electron chi connectivity index (χ3n) is 4.75. The lowest BCUT2D eigenvalue weighted by atomic mass is 10.2. The Labute approximate surface area is 160 Å². The van der Waals surface area contributed by atoms with Crippen LogP contribution < -0.4 is 19.1 Å². The zero-order valence-corrected chi connectivity index (χ0v) is 16.0. The molecule has 0 spiro atoms. The highest BCUT2D eigenvalue weighted by Gasteiger charge is 2.22. The molecule has 1 N–H and O–H groups in total. The van der Waals surface area contributed by atoms with Gasteiger partial charge in [0.05, 0.1) is 19.9 Å². The Morgan fingerprint density at radius 3 is 2.33 bits per heavy atom. The lowest BCUT2D eigenvalue weighted by Gasteiger charge is -2.37. The summed E-state index contributed by atoms with van der Waals surface area (Å²) in [6, 6.07) is 15.5. The van der Waals surface area contributed by atoms with Crippen LogP contribution in [0, 0.1) is 0 Å². The molecule has 0 bridgehead atoms. The van der Waals surface area contributed by atoms with Crippen LogP contribution in [0.3, 0.4) is 0 Å². The summed E-state index contributed by atoms with van der Waals surface area (Å²) in [4.78, 5) is 4.58. The molecule has 1 fully saturated rings. The first-order chi connectivity index (χ1) is 13.2. The van der Waals surface area contributed by atoms with Crippen molar-refractivity contribution in [3.05, 3.63) is 48.5 Å². The number of aliphatic hydroxyl groups excluding tert-OH is 1. The van der Waals surface area contributed by atoms with Crippen molar-refractivity contribution in [2.75, 3.05) is 58.5 Å². The summed E-state index contributed by atoms with van der Waals surface area (Å²) in [5.41, 5.74) is 1.07. The molecule has 1 unspecified atom stereocenters. The molecule has 1 heterocycles. The summed E-state index contributed by atoms with van der Waals surface area (Å²) in [6.07, 6.45) is -0.507. The second kappa shape index (κ2) is 9.48. The Kier molecular flexibility index (Phi) is 6.79. The van der Waals surface area contributed by atoms with E-state index in [2.05, 4.69) is 9.80 Å². The molecule has 1 atom stereocenters. The van der Waals surface area contributed by atoms with Crippen LogP contribution in [0.15, 0.2) is 48.5 Å². The number of para-hydroxylation sites is 1. The van der Waals surface area contributed by atoms with Crippen molar-refractivity contribution in [3.63, 3.8) is 0 Å². The molecular formula is C21H28N2O4. The smallest absolute Gasteiger partial charge is 0.145 e. The molecule has 1 aliphatic heterocycles. The van der Waals surface area contributed by atoms with Gasteiger partial charge in [-0.1, -0.05) is 18.2 Å². The van der Waals surface area contributed by atoms with Gasteiger partial charge in [0.2, 0.25) is 0 Å². The molecule has 27 heavy (non-hydrogen) atoms. The van der Waals surface area contributed by atoms with E-state index in [0.717, 1.165) is 49.1 Å². The summed E-state index contributed by atoms with van der Waals surface area (Å²) >= 11 is 0. The number of hydrogen-bond donors (Lipinski definition) is 1. The maximum atomic E-state index is 10.3. The number of ether oxygens (including phenoxy) is 3. The zero-order chi connectivity index (χ0) is 19.1. The van der Waals surface area contributed by atoms with Crippen molar-refractivity contribution in [2.24, 2.45) is 0 Å². The van der Waals surface area contributed by atoms with E-state index in [9.17, 15) is 5.11 Å². The first kappa shape index (κ1) is 19.3. The molecule has 0 saturated carbocycles. The molecule has 0 radical (unpaired) electrons. The number of rotatable bonds is 8. The van der Waals surface area contributed by atoms with Gasteiger partial charge in [-0.15, -0.1) is 0 Å². The Morgan fingerprint density at radius 1 is 0.926 bits per heavy atom. The lowest BCUT2D eigenvalue weighted by Crippen LogP contribution is -2.49. The zero-order valence-electron chi connectivity index (χ0n) is 16.0. The van der Waals surface area contributed by atoms with E-state index in [1.165, 1.54) is 0 Å². The highest BCUT2D eigenvalue weighted by Crippen LogP contribution is 2.32. The molecule has 0 aliphatic carbocycles. The largest absolute Gasteiger partial charge is 0.497 e. The quantitative estimate of drug-likeness (QED) is 0.767. The van der Waals surface area contributed by atoms with Gasteiger partial charge in [0, 0.05) is 38.8 Å². The van der Waals surface area contributed by atoms with Crippen LogP contribution in [-0.4, -0.2) is 69.7 Å². The molecular weight excluding hydrogens is 344 g/mol. The topological polar surface area (TPSA) is 54.4 Å². The van der Waals surface area contributed by atoms with Gasteiger partial charge in [-0.3, -0.25) is 4.90 Å². The van der Waals surface area contributed by atoms with Crippen LogP contribution in [0.1, 0.15) is 0 Å². The van der Waals surface area contributed by atoms with Crippen molar-refractivity contribution in [1.82, 2.24) is 4.90 Å². The SMILES string of the molecule is COc1ccc(N2CCN(CC(O)COc3ccccc3)CC2)c(OC)c1. The normalized spacial score (nSPS) is 16.0. The molecule has 1 aliphatic rings. The fourth-order valence-corrected chi connectivity index (χ4v) is 3.28. The maximum Gasteiger partial charge on any atom is 0.145 e. The number of nitrogens with zero attached hydrogens (tertiary/aromatic N) is 2. The van der Waals surface area contributed by atoms with Crippen LogP contribution in [0.4, 0.5) is 5.69 Å². The van der Waals surface area contributed by atoms with E-state index in [1.54, 1.807) is 14.2 Å². The fourth-order valence-electron chi connectivity index (χ4n) is 3.28. The molecule has 6 heteroatoms. The minimum Gasteiger partial charge on any atom is -0.497 e. The molecule has 0 aromatic heterocycles. The lowest BCUT2D eigenvalue weighted by molar-refractivity contribution is 0.0663. The summed E-state index contributed by atoms with van der Waals surface area (Å²) in [5, 5.41) is 10.3. The molecule has 2 aromatic carbocycles. The second-order valence-corrected chi connectivity index (χ2v) is 6.60. The number of methoxy groups -OCH3 is 2. The minimum absolute atomic E-state index is 0.302. The van der Waals surface area contributed by atoms with Crippen LogP contribution >= 0.6 is 0 Å². The molecule has 6 nitrogen and oxygen atoms in total. The van der Waals surface area contributed by atoms with E-state index in [1.807, 2.05) is 48.5 Å². The third kappa shape index (κ3) is 5.28. The molecule has 0 amide bonds. The molecule has 2 aromatic rings. The molecule has 146 valence electrons. The van der Waals surface area contributed by atoms with Crippen molar-refractivity contribution >= 4 is 5.69 Å². The van der Waals surface area contributed by atoms with Gasteiger partial charge in [-0.2, -0.15) is 0 Å². The first-order valence-electron chi connectivity index (χ1n) is 9.25. The van der Waals surface area contributed by atoms with Crippen LogP contribution in [0.25, 0.3) is 0 Å².